The van der Waals surface area contributed by atoms with Gasteiger partial charge in [0.25, 0.3) is 0 Å². The number of amides is 1. The van der Waals surface area contributed by atoms with Gasteiger partial charge in [-0.05, 0) is 36.4 Å². The van der Waals surface area contributed by atoms with E-state index in [1.165, 1.54) is 11.8 Å². The molecule has 0 spiro atoms. The molecule has 10 heteroatoms. The van der Waals surface area contributed by atoms with Gasteiger partial charge in [0.15, 0.2) is 11.0 Å². The smallest absolute Gasteiger partial charge is 0.234 e. The predicted octanol–water partition coefficient (Wildman–Crippen LogP) is 5.83. The molecule has 0 aliphatic rings. The number of nitrogens with one attached hydrogen (secondary N) is 1. The van der Waals surface area contributed by atoms with E-state index in [0.717, 1.165) is 0 Å². The molecule has 3 aromatic rings. The molecule has 30 heavy (non-hydrogen) atoms. The first kappa shape index (κ1) is 22.5. The molecule has 0 atom stereocenters. The summed E-state index contributed by atoms with van der Waals surface area (Å²) < 4.78 is 7.27. The zero-order valence-electron chi connectivity index (χ0n) is 15.9. The summed E-state index contributed by atoms with van der Waals surface area (Å²) in [4.78, 5) is 12.3. The van der Waals surface area contributed by atoms with Gasteiger partial charge in [-0.25, -0.2) is 0 Å². The number of aromatic nitrogens is 3. The van der Waals surface area contributed by atoms with Crippen molar-refractivity contribution in [2.45, 2.75) is 11.7 Å². The number of allylic oxidation sites excluding steroid dienone is 1. The number of halogens is 3. The fourth-order valence-electron chi connectivity index (χ4n) is 2.64. The fourth-order valence-corrected chi connectivity index (χ4v) is 3.86. The average Bonchev–Trinajstić information content (AvgIpc) is 3.12. The lowest BCUT2D eigenvalue weighted by molar-refractivity contribution is -0.113. The maximum Gasteiger partial charge on any atom is 0.234 e. The number of ether oxygens (including phenoxy) is 1. The Morgan fingerprint density at radius 3 is 2.70 bits per heavy atom. The Morgan fingerprint density at radius 2 is 2.00 bits per heavy atom. The van der Waals surface area contributed by atoms with Crippen LogP contribution < -0.4 is 10.1 Å². The lowest BCUT2D eigenvalue weighted by atomic mass is 10.2. The minimum Gasteiger partial charge on any atom is -0.496 e. The van der Waals surface area contributed by atoms with Gasteiger partial charge in [-0.2, -0.15) is 0 Å². The Kier molecular flexibility index (Phi) is 7.66. The number of benzene rings is 2. The van der Waals surface area contributed by atoms with Gasteiger partial charge in [0.1, 0.15) is 5.75 Å². The highest BCUT2D eigenvalue weighted by molar-refractivity contribution is 7.99. The van der Waals surface area contributed by atoms with Crippen molar-refractivity contribution in [3.8, 4) is 17.1 Å². The SMILES string of the molecule is C=CCn1c(SCC(=O)Nc2ccc(Cl)c(Cl)c2)nnc1-c1cc(Cl)ccc1OC. The summed E-state index contributed by atoms with van der Waals surface area (Å²) in [5.41, 5.74) is 1.26. The third-order valence-electron chi connectivity index (χ3n) is 3.97. The van der Waals surface area contributed by atoms with Crippen LogP contribution in [-0.4, -0.2) is 33.5 Å². The molecule has 1 heterocycles. The van der Waals surface area contributed by atoms with Crippen LogP contribution in [0.1, 0.15) is 0 Å². The Bertz CT molecular complexity index is 1090. The Balaban J connectivity index is 1.78. The number of thioether (sulfide) groups is 1. The second-order valence-electron chi connectivity index (χ2n) is 6.02. The lowest BCUT2D eigenvalue weighted by Crippen LogP contribution is -2.14. The fraction of sp³-hybridized carbons (Fsp3) is 0.150. The van der Waals surface area contributed by atoms with Crippen LogP contribution >= 0.6 is 46.6 Å². The van der Waals surface area contributed by atoms with Crippen LogP contribution in [0.2, 0.25) is 15.1 Å². The molecule has 1 N–H and O–H groups in total. The average molecular weight is 484 g/mol. The second-order valence-corrected chi connectivity index (χ2v) is 8.21. The topological polar surface area (TPSA) is 69.0 Å². The van der Waals surface area contributed by atoms with Crippen molar-refractivity contribution < 1.29 is 9.53 Å². The van der Waals surface area contributed by atoms with Gasteiger partial charge < -0.3 is 10.1 Å². The molecule has 156 valence electrons. The van der Waals surface area contributed by atoms with Gasteiger partial charge in [-0.3, -0.25) is 9.36 Å². The van der Waals surface area contributed by atoms with Crippen molar-refractivity contribution in [1.29, 1.82) is 0 Å². The largest absolute Gasteiger partial charge is 0.496 e. The number of carbonyl (C=O) groups excluding carboxylic acids is 1. The molecular formula is C20H17Cl3N4O2S. The number of carbonyl (C=O) groups is 1. The van der Waals surface area contributed by atoms with Crippen LogP contribution in [-0.2, 0) is 11.3 Å². The maximum absolute atomic E-state index is 12.3. The van der Waals surface area contributed by atoms with E-state index < -0.39 is 0 Å². The van der Waals surface area contributed by atoms with Crippen LogP contribution in [0, 0.1) is 0 Å². The highest BCUT2D eigenvalue weighted by Gasteiger charge is 2.18. The van der Waals surface area contributed by atoms with E-state index in [0.29, 0.717) is 49.6 Å². The zero-order valence-corrected chi connectivity index (χ0v) is 18.9. The summed E-state index contributed by atoms with van der Waals surface area (Å²) in [6.45, 7) is 4.25. The van der Waals surface area contributed by atoms with Gasteiger partial charge >= 0.3 is 0 Å². The summed E-state index contributed by atoms with van der Waals surface area (Å²) in [7, 11) is 1.57. The summed E-state index contributed by atoms with van der Waals surface area (Å²) in [6.07, 6.45) is 1.73. The number of methoxy groups -OCH3 is 1. The van der Waals surface area contributed by atoms with Gasteiger partial charge in [-0.1, -0.05) is 52.6 Å². The minimum absolute atomic E-state index is 0.127. The van der Waals surface area contributed by atoms with E-state index in [1.54, 1.807) is 49.6 Å². The number of anilines is 1. The maximum atomic E-state index is 12.3. The molecule has 0 fully saturated rings. The Morgan fingerprint density at radius 1 is 1.20 bits per heavy atom. The van der Waals surface area contributed by atoms with Gasteiger partial charge in [0, 0.05) is 17.3 Å². The molecule has 0 bridgehead atoms. The molecule has 1 amide bonds. The van der Waals surface area contributed by atoms with E-state index in [2.05, 4.69) is 22.1 Å². The van der Waals surface area contributed by atoms with Crippen LogP contribution in [0.5, 0.6) is 5.75 Å². The molecule has 0 radical (unpaired) electrons. The molecule has 0 unspecified atom stereocenters. The lowest BCUT2D eigenvalue weighted by Gasteiger charge is -2.11. The predicted molar refractivity (Wildman–Crippen MR) is 123 cm³/mol. The molecule has 0 aliphatic heterocycles. The van der Waals surface area contributed by atoms with E-state index in [-0.39, 0.29) is 11.7 Å². The first-order valence-corrected chi connectivity index (χ1v) is 10.8. The molecule has 3 rings (SSSR count). The molecule has 0 saturated heterocycles. The number of nitrogens with zero attached hydrogens (tertiary/aromatic N) is 3. The minimum atomic E-state index is -0.214. The Hall–Kier alpha value is -2.19. The van der Waals surface area contributed by atoms with Crippen molar-refractivity contribution in [3.63, 3.8) is 0 Å². The number of hydrogen-bond acceptors (Lipinski definition) is 5. The number of hydrogen-bond donors (Lipinski definition) is 1. The highest BCUT2D eigenvalue weighted by Crippen LogP contribution is 2.33. The second kappa shape index (κ2) is 10.2. The quantitative estimate of drug-likeness (QED) is 0.322. The van der Waals surface area contributed by atoms with Crippen molar-refractivity contribution in [3.05, 3.63) is 64.1 Å². The summed E-state index contributed by atoms with van der Waals surface area (Å²) in [6, 6.07) is 10.2. The van der Waals surface area contributed by atoms with Crippen molar-refractivity contribution in [1.82, 2.24) is 14.8 Å². The number of rotatable bonds is 8. The third-order valence-corrected chi connectivity index (χ3v) is 5.91. The molecule has 0 saturated carbocycles. The third kappa shape index (κ3) is 5.29. The van der Waals surface area contributed by atoms with Crippen molar-refractivity contribution in [2.75, 3.05) is 18.2 Å². The van der Waals surface area contributed by atoms with Crippen LogP contribution in [0.4, 0.5) is 5.69 Å². The Labute approximate surface area is 193 Å². The molecule has 0 aliphatic carbocycles. The summed E-state index contributed by atoms with van der Waals surface area (Å²) in [5, 5.41) is 13.2. The summed E-state index contributed by atoms with van der Waals surface area (Å²) in [5.74, 6) is 1.10. The van der Waals surface area contributed by atoms with Crippen LogP contribution in [0.25, 0.3) is 11.4 Å². The van der Waals surface area contributed by atoms with Crippen LogP contribution in [0.15, 0.2) is 54.2 Å². The molecule has 6 nitrogen and oxygen atoms in total. The molecule has 1 aromatic heterocycles. The van der Waals surface area contributed by atoms with E-state index in [9.17, 15) is 4.79 Å². The standard InChI is InChI=1S/C20H17Cl3N4O2S/c1-3-8-27-19(14-9-12(21)4-7-17(14)29-2)25-26-20(27)30-11-18(28)24-13-5-6-15(22)16(23)10-13/h3-7,9-10H,1,8,11H2,2H3,(H,24,28). The monoisotopic (exact) mass is 482 g/mol. The molecular weight excluding hydrogens is 467 g/mol. The van der Waals surface area contributed by atoms with E-state index in [1.807, 2.05) is 4.57 Å². The van der Waals surface area contributed by atoms with Gasteiger partial charge in [-0.15, -0.1) is 16.8 Å². The first-order valence-electron chi connectivity index (χ1n) is 8.68. The highest BCUT2D eigenvalue weighted by atomic mass is 35.5. The first-order chi connectivity index (χ1) is 14.4. The van der Waals surface area contributed by atoms with Crippen molar-refractivity contribution in [2.24, 2.45) is 0 Å². The van der Waals surface area contributed by atoms with Gasteiger partial charge in [0.05, 0.1) is 28.5 Å². The normalized spacial score (nSPS) is 10.7. The van der Waals surface area contributed by atoms with Crippen molar-refractivity contribution >= 4 is 58.2 Å². The van der Waals surface area contributed by atoms with Gasteiger partial charge in [0.2, 0.25) is 5.91 Å². The van der Waals surface area contributed by atoms with E-state index >= 15 is 0 Å². The zero-order chi connectivity index (χ0) is 21.7. The van der Waals surface area contributed by atoms with Crippen LogP contribution in [0.3, 0.4) is 0 Å². The molecule has 2 aromatic carbocycles. The summed E-state index contributed by atoms with van der Waals surface area (Å²) >= 11 is 19.3. The van der Waals surface area contributed by atoms with E-state index in [4.69, 9.17) is 39.5 Å².